The minimum atomic E-state index is -0.973. The molecule has 11 heteroatoms. The number of hydrogen-bond acceptors (Lipinski definition) is 7. The summed E-state index contributed by atoms with van der Waals surface area (Å²) in [5.41, 5.74) is 3.53. The van der Waals surface area contributed by atoms with Gasteiger partial charge in [0.05, 0.1) is 29.4 Å². The maximum Gasteiger partial charge on any atom is 0.264 e. The van der Waals surface area contributed by atoms with E-state index in [2.05, 4.69) is 25.7 Å². The first-order chi connectivity index (χ1) is 16.5. The molecule has 35 heavy (non-hydrogen) atoms. The number of carbonyl (C=O) groups excluding carboxylic acids is 4. The summed E-state index contributed by atoms with van der Waals surface area (Å²) in [4.78, 5) is 51.3. The molecule has 1 aromatic heterocycles. The molecule has 0 radical (unpaired) electrons. The summed E-state index contributed by atoms with van der Waals surface area (Å²) in [7, 11) is 0. The molecule has 0 bridgehead atoms. The lowest BCUT2D eigenvalue weighted by Gasteiger charge is -2.27. The molecule has 2 aromatic rings. The Labute approximate surface area is 208 Å². The zero-order valence-electron chi connectivity index (χ0n) is 19.1. The highest BCUT2D eigenvalue weighted by Gasteiger charge is 2.46. The monoisotopic (exact) mass is 498 g/mol. The molecule has 2 fully saturated rings. The number of aromatic nitrogens is 2. The number of nitrogens with zero attached hydrogens (tertiary/aromatic N) is 3. The molecule has 10 nitrogen and oxygen atoms in total. The molecule has 0 spiro atoms. The fourth-order valence-corrected chi connectivity index (χ4v) is 5.73. The highest BCUT2D eigenvalue weighted by Crippen LogP contribution is 2.39. The van der Waals surface area contributed by atoms with Crippen LogP contribution in [0.1, 0.15) is 76.2 Å². The second-order valence-electron chi connectivity index (χ2n) is 9.38. The van der Waals surface area contributed by atoms with Crippen LogP contribution in [0, 0.1) is 0 Å². The summed E-state index contributed by atoms with van der Waals surface area (Å²) in [6.07, 6.45) is 6.06. The Morgan fingerprint density at radius 3 is 2.54 bits per heavy atom. The Balaban J connectivity index is 0.00000253. The fraction of sp³-hybridized carbons (Fsp3) is 0.458. The third kappa shape index (κ3) is 3.81. The number of carbonyl (C=O) groups is 4. The number of fused-ring (bicyclic) bond motifs is 2. The lowest BCUT2D eigenvalue weighted by molar-refractivity contribution is -0.136. The van der Waals surface area contributed by atoms with Gasteiger partial charge in [0.25, 0.3) is 11.8 Å². The number of benzene rings is 1. The van der Waals surface area contributed by atoms with Crippen LogP contribution in [0.2, 0.25) is 0 Å². The highest BCUT2D eigenvalue weighted by atomic mass is 35.5. The first-order valence-corrected chi connectivity index (χ1v) is 11.9. The predicted octanol–water partition coefficient (Wildman–Crippen LogP) is 1.73. The molecular weight excluding hydrogens is 472 g/mol. The van der Waals surface area contributed by atoms with E-state index in [1.165, 1.54) is 5.69 Å². The number of piperidine rings is 2. The fourth-order valence-electron chi connectivity index (χ4n) is 5.73. The predicted molar refractivity (Wildman–Crippen MR) is 128 cm³/mol. The van der Waals surface area contributed by atoms with Crippen LogP contribution in [-0.4, -0.2) is 57.4 Å². The van der Waals surface area contributed by atoms with E-state index in [0.29, 0.717) is 11.7 Å². The van der Waals surface area contributed by atoms with Gasteiger partial charge in [-0.1, -0.05) is 6.07 Å². The Bertz CT molecular complexity index is 1220. The lowest BCUT2D eigenvalue weighted by Crippen LogP contribution is -2.54. The van der Waals surface area contributed by atoms with Gasteiger partial charge in [0.1, 0.15) is 6.04 Å². The van der Waals surface area contributed by atoms with Crippen LogP contribution in [-0.2, 0) is 16.0 Å². The molecule has 6 rings (SSSR count). The zero-order chi connectivity index (χ0) is 23.4. The molecule has 1 aromatic carbocycles. The Hall–Kier alpha value is -3.24. The van der Waals surface area contributed by atoms with Gasteiger partial charge in [0.15, 0.2) is 0 Å². The van der Waals surface area contributed by atoms with E-state index in [1.54, 1.807) is 18.2 Å². The van der Waals surface area contributed by atoms with Crippen molar-refractivity contribution in [3.05, 3.63) is 46.8 Å². The largest absolute Gasteiger partial charge is 0.377 e. The molecule has 3 N–H and O–H groups in total. The molecule has 4 heterocycles. The maximum absolute atomic E-state index is 13.4. The first-order valence-electron chi connectivity index (χ1n) is 11.9. The van der Waals surface area contributed by atoms with Crippen LogP contribution in [0.5, 0.6) is 0 Å². The number of nitrogens with one attached hydrogen (secondary N) is 3. The van der Waals surface area contributed by atoms with E-state index in [0.717, 1.165) is 49.2 Å². The number of amides is 4. The molecule has 184 valence electrons. The number of hydrogen-bond donors (Lipinski definition) is 3. The SMILES string of the molecule is Cl.O=C1CCC(N2C(=O)c3cccc(NC4CCc5c4cnn5C4CCNCC4)c3C2=O)C(=O)N1. The van der Waals surface area contributed by atoms with Gasteiger partial charge in [-0.2, -0.15) is 5.10 Å². The van der Waals surface area contributed by atoms with Crippen molar-refractivity contribution < 1.29 is 19.2 Å². The third-order valence-corrected chi connectivity index (χ3v) is 7.43. The van der Waals surface area contributed by atoms with E-state index in [9.17, 15) is 19.2 Å². The average molecular weight is 499 g/mol. The van der Waals surface area contributed by atoms with Crippen LogP contribution in [0.15, 0.2) is 24.4 Å². The number of imide groups is 2. The number of rotatable bonds is 4. The summed E-state index contributed by atoms with van der Waals surface area (Å²) < 4.78 is 2.17. The smallest absolute Gasteiger partial charge is 0.264 e. The van der Waals surface area contributed by atoms with Crippen molar-refractivity contribution in [1.29, 1.82) is 0 Å². The van der Waals surface area contributed by atoms with Gasteiger partial charge in [-0.15, -0.1) is 12.4 Å². The minimum Gasteiger partial charge on any atom is -0.377 e. The minimum absolute atomic E-state index is 0. The van der Waals surface area contributed by atoms with Crippen LogP contribution in [0.3, 0.4) is 0 Å². The summed E-state index contributed by atoms with van der Waals surface area (Å²) >= 11 is 0. The second kappa shape index (κ2) is 9.09. The molecule has 3 aliphatic heterocycles. The van der Waals surface area contributed by atoms with Gasteiger partial charge in [-0.25, -0.2) is 0 Å². The Kier molecular flexibility index (Phi) is 6.10. The van der Waals surface area contributed by atoms with Crippen LogP contribution in [0.4, 0.5) is 5.69 Å². The van der Waals surface area contributed by atoms with Crippen molar-refractivity contribution in [2.24, 2.45) is 0 Å². The topological polar surface area (TPSA) is 125 Å². The maximum atomic E-state index is 13.4. The van der Waals surface area contributed by atoms with E-state index < -0.39 is 23.8 Å². The van der Waals surface area contributed by atoms with Gasteiger partial charge < -0.3 is 10.6 Å². The standard InChI is InChI=1S/C24H26N6O4.ClH/c31-20-7-6-19(22(32)28-20)29-23(33)14-2-1-3-17(21(14)24(29)34)27-16-4-5-18-15(16)12-26-30(18)13-8-10-25-11-9-13;/h1-3,12-13,16,19,25,27H,4-11H2,(H,28,31,32);1H. The average Bonchev–Trinajstić information content (AvgIpc) is 3.50. The van der Waals surface area contributed by atoms with Gasteiger partial charge in [-0.05, 0) is 57.3 Å². The lowest BCUT2D eigenvalue weighted by atomic mass is 10.0. The first kappa shape index (κ1) is 23.5. The van der Waals surface area contributed by atoms with E-state index in [-0.39, 0.29) is 48.3 Å². The zero-order valence-corrected chi connectivity index (χ0v) is 19.9. The number of anilines is 1. The summed E-state index contributed by atoms with van der Waals surface area (Å²) in [6, 6.07) is 4.58. The Morgan fingerprint density at radius 1 is 0.971 bits per heavy atom. The molecule has 2 saturated heterocycles. The molecule has 4 amide bonds. The molecule has 1 aliphatic carbocycles. The Morgan fingerprint density at radius 2 is 1.77 bits per heavy atom. The van der Waals surface area contributed by atoms with Crippen molar-refractivity contribution in [1.82, 2.24) is 25.3 Å². The van der Waals surface area contributed by atoms with E-state index in [1.807, 2.05) is 6.20 Å². The molecule has 0 saturated carbocycles. The van der Waals surface area contributed by atoms with Gasteiger partial charge >= 0.3 is 0 Å². The summed E-state index contributed by atoms with van der Waals surface area (Å²) in [6.45, 7) is 1.99. The number of halogens is 1. The van der Waals surface area contributed by atoms with Gasteiger partial charge in [0, 0.05) is 23.4 Å². The summed E-state index contributed by atoms with van der Waals surface area (Å²) in [5.74, 6) is -1.99. The quantitative estimate of drug-likeness (QED) is 0.548. The van der Waals surface area contributed by atoms with Crippen molar-refractivity contribution >= 4 is 41.7 Å². The highest BCUT2D eigenvalue weighted by molar-refractivity contribution is 6.25. The van der Waals surface area contributed by atoms with Crippen molar-refractivity contribution in [3.63, 3.8) is 0 Å². The molecule has 2 unspecified atom stereocenters. The van der Waals surface area contributed by atoms with Crippen molar-refractivity contribution in [2.75, 3.05) is 18.4 Å². The van der Waals surface area contributed by atoms with Crippen molar-refractivity contribution in [3.8, 4) is 0 Å². The van der Waals surface area contributed by atoms with Gasteiger partial charge in [-0.3, -0.25) is 34.1 Å². The van der Waals surface area contributed by atoms with Crippen molar-refractivity contribution in [2.45, 2.75) is 56.7 Å². The molecular formula is C24H27ClN6O4. The van der Waals surface area contributed by atoms with Crippen LogP contribution in [0.25, 0.3) is 0 Å². The normalized spacial score (nSPS) is 24.2. The summed E-state index contributed by atoms with van der Waals surface area (Å²) in [5, 5.41) is 13.8. The third-order valence-electron chi connectivity index (χ3n) is 7.43. The van der Waals surface area contributed by atoms with E-state index in [4.69, 9.17) is 0 Å². The van der Waals surface area contributed by atoms with E-state index >= 15 is 0 Å². The molecule has 4 aliphatic rings. The molecule has 2 atom stereocenters. The van der Waals surface area contributed by atoms with Crippen LogP contribution >= 0.6 is 12.4 Å². The van der Waals surface area contributed by atoms with Crippen LogP contribution < -0.4 is 16.0 Å². The second-order valence-corrected chi connectivity index (χ2v) is 9.38. The van der Waals surface area contributed by atoms with Gasteiger partial charge in [0.2, 0.25) is 11.8 Å².